The summed E-state index contributed by atoms with van der Waals surface area (Å²) >= 11 is 0. The van der Waals surface area contributed by atoms with Gasteiger partial charge >= 0.3 is 0 Å². The number of halogens is 1. The highest BCUT2D eigenvalue weighted by atomic mass is 127. The van der Waals surface area contributed by atoms with Gasteiger partial charge in [-0.3, -0.25) is 9.67 Å². The van der Waals surface area contributed by atoms with E-state index in [4.69, 9.17) is 9.47 Å². The van der Waals surface area contributed by atoms with E-state index < -0.39 is 0 Å². The average molecular weight is 479 g/mol. The van der Waals surface area contributed by atoms with Crippen LogP contribution in [0, 0.1) is 13.8 Å². The zero-order valence-corrected chi connectivity index (χ0v) is 18.6. The van der Waals surface area contributed by atoms with Crippen molar-refractivity contribution in [1.29, 1.82) is 0 Å². The molecule has 26 heavy (non-hydrogen) atoms. The Morgan fingerprint density at radius 1 is 1.35 bits per heavy atom. The predicted molar refractivity (Wildman–Crippen MR) is 116 cm³/mol. The minimum Gasteiger partial charge on any atom is -0.379 e. The molecule has 7 nitrogen and oxygen atoms in total. The maximum atomic E-state index is 5.66. The molecular weight excluding hydrogens is 445 g/mol. The third kappa shape index (κ3) is 8.68. The van der Waals surface area contributed by atoms with Crippen LogP contribution in [0.5, 0.6) is 0 Å². The Bertz CT molecular complexity index is 530. The summed E-state index contributed by atoms with van der Waals surface area (Å²) in [6.07, 6.45) is 4.57. The van der Waals surface area contributed by atoms with Crippen molar-refractivity contribution in [2.75, 3.05) is 40.0 Å². The Morgan fingerprint density at radius 3 is 2.73 bits per heavy atom. The van der Waals surface area contributed by atoms with E-state index in [1.165, 1.54) is 5.69 Å². The maximum Gasteiger partial charge on any atom is 0.190 e. The highest BCUT2D eigenvalue weighted by Crippen LogP contribution is 2.11. The highest BCUT2D eigenvalue weighted by Gasteiger charge is 2.14. The van der Waals surface area contributed by atoms with Crippen molar-refractivity contribution in [3.05, 3.63) is 17.5 Å². The van der Waals surface area contributed by atoms with E-state index in [1.54, 1.807) is 7.05 Å². The molecule has 8 heteroatoms. The molecule has 2 heterocycles. The van der Waals surface area contributed by atoms with Crippen molar-refractivity contribution in [2.24, 2.45) is 4.99 Å². The Hall–Kier alpha value is -0.870. The number of hydrogen-bond donors (Lipinski definition) is 2. The number of hydrogen-bond acceptors (Lipinski definition) is 4. The van der Waals surface area contributed by atoms with Crippen molar-refractivity contribution >= 4 is 29.9 Å². The number of ether oxygens (including phenoxy) is 2. The summed E-state index contributed by atoms with van der Waals surface area (Å²) in [5.41, 5.74) is 2.28. The molecular formula is C18H34IN5O2. The van der Waals surface area contributed by atoms with Crippen LogP contribution < -0.4 is 10.6 Å². The number of guanidine groups is 1. The lowest BCUT2D eigenvalue weighted by Crippen LogP contribution is -2.38. The molecule has 1 unspecified atom stereocenters. The van der Waals surface area contributed by atoms with Crippen LogP contribution in [-0.2, 0) is 16.0 Å². The Balaban J connectivity index is 0.00000338. The van der Waals surface area contributed by atoms with E-state index >= 15 is 0 Å². The topological polar surface area (TPSA) is 72.7 Å². The summed E-state index contributed by atoms with van der Waals surface area (Å²) in [7, 11) is 1.80. The van der Waals surface area contributed by atoms with Gasteiger partial charge in [-0.05, 0) is 45.6 Å². The zero-order valence-electron chi connectivity index (χ0n) is 16.3. The lowest BCUT2D eigenvalue weighted by Gasteiger charge is -2.13. The van der Waals surface area contributed by atoms with Crippen LogP contribution >= 0.6 is 24.0 Å². The summed E-state index contributed by atoms with van der Waals surface area (Å²) in [5, 5.41) is 11.1. The monoisotopic (exact) mass is 479 g/mol. The van der Waals surface area contributed by atoms with Crippen molar-refractivity contribution in [3.63, 3.8) is 0 Å². The van der Waals surface area contributed by atoms with Gasteiger partial charge in [0.25, 0.3) is 0 Å². The first-order chi connectivity index (χ1) is 12.2. The van der Waals surface area contributed by atoms with E-state index in [2.05, 4.69) is 38.4 Å². The molecule has 0 saturated carbocycles. The smallest absolute Gasteiger partial charge is 0.190 e. The van der Waals surface area contributed by atoms with Gasteiger partial charge < -0.3 is 20.1 Å². The van der Waals surface area contributed by atoms with Gasteiger partial charge in [-0.15, -0.1) is 24.0 Å². The van der Waals surface area contributed by atoms with Gasteiger partial charge in [0.05, 0.1) is 18.4 Å². The molecule has 1 aliphatic heterocycles. The molecule has 1 fully saturated rings. The number of aliphatic imine (C=N–C) groups is 1. The van der Waals surface area contributed by atoms with Crippen LogP contribution in [0.3, 0.4) is 0 Å². The third-order valence-electron chi connectivity index (χ3n) is 4.25. The first-order valence-corrected chi connectivity index (χ1v) is 9.34. The van der Waals surface area contributed by atoms with Crippen LogP contribution in [-0.4, -0.2) is 61.8 Å². The third-order valence-corrected chi connectivity index (χ3v) is 4.25. The lowest BCUT2D eigenvalue weighted by molar-refractivity contribution is 0.0168. The number of nitrogens with zero attached hydrogens (tertiary/aromatic N) is 3. The average Bonchev–Trinajstić information content (AvgIpc) is 3.22. The van der Waals surface area contributed by atoms with Gasteiger partial charge in [0, 0.05) is 45.6 Å². The second kappa shape index (κ2) is 13.3. The molecule has 0 spiro atoms. The summed E-state index contributed by atoms with van der Waals surface area (Å²) in [4.78, 5) is 4.25. The molecule has 1 saturated heterocycles. The van der Waals surface area contributed by atoms with E-state index in [0.717, 1.165) is 76.8 Å². The highest BCUT2D eigenvalue weighted by molar-refractivity contribution is 14.0. The SMILES string of the molecule is CN=C(NCCCOCC1CCCO1)NCCCn1nc(C)cc1C.I. The van der Waals surface area contributed by atoms with Gasteiger partial charge in [-0.1, -0.05) is 0 Å². The Labute approximate surface area is 174 Å². The van der Waals surface area contributed by atoms with Gasteiger partial charge in [-0.2, -0.15) is 5.10 Å². The molecule has 1 atom stereocenters. The van der Waals surface area contributed by atoms with Crippen LogP contribution in [0.4, 0.5) is 0 Å². The standard InChI is InChI=1S/C18H33N5O2.HI/c1-15-13-16(2)23(22-15)10-5-8-20-18(19-3)21-9-6-11-24-14-17-7-4-12-25-17;/h13,17H,4-12,14H2,1-3H3,(H2,19,20,21);1H. The minimum absolute atomic E-state index is 0. The fraction of sp³-hybridized carbons (Fsp3) is 0.778. The second-order valence-electron chi connectivity index (χ2n) is 6.49. The zero-order chi connectivity index (χ0) is 17.9. The first-order valence-electron chi connectivity index (χ1n) is 9.34. The molecule has 0 aliphatic carbocycles. The van der Waals surface area contributed by atoms with Crippen LogP contribution in [0.1, 0.15) is 37.1 Å². The summed E-state index contributed by atoms with van der Waals surface area (Å²) in [6.45, 7) is 9.11. The van der Waals surface area contributed by atoms with Gasteiger partial charge in [-0.25, -0.2) is 0 Å². The number of nitrogens with one attached hydrogen (secondary N) is 2. The fourth-order valence-electron chi connectivity index (χ4n) is 2.93. The molecule has 0 aromatic carbocycles. The number of aryl methyl sites for hydroxylation is 3. The fourth-order valence-corrected chi connectivity index (χ4v) is 2.93. The molecule has 0 bridgehead atoms. The van der Waals surface area contributed by atoms with E-state index in [9.17, 15) is 0 Å². The summed E-state index contributed by atoms with van der Waals surface area (Å²) in [5.74, 6) is 0.840. The molecule has 1 aromatic heterocycles. The quantitative estimate of drug-likeness (QED) is 0.233. The van der Waals surface area contributed by atoms with Gasteiger partial charge in [0.1, 0.15) is 0 Å². The molecule has 0 amide bonds. The largest absolute Gasteiger partial charge is 0.379 e. The minimum atomic E-state index is 0. The van der Waals surface area contributed by atoms with E-state index in [1.807, 2.05) is 6.92 Å². The van der Waals surface area contributed by atoms with Gasteiger partial charge in [0.15, 0.2) is 5.96 Å². The number of aromatic nitrogens is 2. The predicted octanol–water partition coefficient (Wildman–Crippen LogP) is 2.26. The maximum absolute atomic E-state index is 5.66. The Kier molecular flexibility index (Phi) is 11.9. The van der Waals surface area contributed by atoms with Crippen molar-refractivity contribution in [2.45, 2.75) is 52.2 Å². The molecule has 150 valence electrons. The van der Waals surface area contributed by atoms with Crippen LogP contribution in [0.2, 0.25) is 0 Å². The second-order valence-corrected chi connectivity index (χ2v) is 6.49. The normalized spacial score (nSPS) is 17.2. The van der Waals surface area contributed by atoms with Crippen molar-refractivity contribution < 1.29 is 9.47 Å². The van der Waals surface area contributed by atoms with Crippen LogP contribution in [0.25, 0.3) is 0 Å². The van der Waals surface area contributed by atoms with Crippen molar-refractivity contribution in [3.8, 4) is 0 Å². The van der Waals surface area contributed by atoms with E-state index in [-0.39, 0.29) is 24.0 Å². The summed E-state index contributed by atoms with van der Waals surface area (Å²) < 4.78 is 13.2. The van der Waals surface area contributed by atoms with E-state index in [0.29, 0.717) is 6.10 Å². The first kappa shape index (κ1) is 23.2. The molecule has 1 aromatic rings. The van der Waals surface area contributed by atoms with Crippen LogP contribution in [0.15, 0.2) is 11.1 Å². The van der Waals surface area contributed by atoms with Crippen molar-refractivity contribution in [1.82, 2.24) is 20.4 Å². The molecule has 1 aliphatic rings. The molecule has 2 rings (SSSR count). The lowest BCUT2D eigenvalue weighted by atomic mass is 10.2. The molecule has 2 N–H and O–H groups in total. The number of rotatable bonds is 10. The molecule has 0 radical (unpaired) electrons. The summed E-state index contributed by atoms with van der Waals surface area (Å²) in [6, 6.07) is 2.11. The van der Waals surface area contributed by atoms with Gasteiger partial charge in [0.2, 0.25) is 0 Å². The Morgan fingerprint density at radius 2 is 2.12 bits per heavy atom.